The van der Waals surface area contributed by atoms with Gasteiger partial charge in [0.05, 0.1) is 11.2 Å². The molecule has 1 saturated carbocycles. The lowest BCUT2D eigenvalue weighted by Crippen LogP contribution is -2.39. The number of amides is 1. The molecule has 0 unspecified atom stereocenters. The summed E-state index contributed by atoms with van der Waals surface area (Å²) < 4.78 is 43.7. The number of benzene rings is 2. The van der Waals surface area contributed by atoms with Crippen LogP contribution < -0.4 is 5.32 Å². The standard InChI is InChI=1S/C23H20F3N5O/c24-16-3-1-13(2-4-16)21-20(18-9-17(25)10-19(26)22(18)30-21)14-7-15(8-14)23(32)27-5-6-31-11-28-29-12-31/h1-4,9-12,14-15,30H,5-8H2,(H,27,32). The van der Waals surface area contributed by atoms with Crippen LogP contribution in [0, 0.1) is 23.4 Å². The minimum Gasteiger partial charge on any atom is -0.354 e. The Morgan fingerprint density at radius 2 is 1.78 bits per heavy atom. The molecule has 0 radical (unpaired) electrons. The minimum absolute atomic E-state index is 0.0430. The summed E-state index contributed by atoms with van der Waals surface area (Å²) in [6, 6.07) is 8.01. The second-order valence-electron chi connectivity index (χ2n) is 8.09. The zero-order valence-electron chi connectivity index (χ0n) is 17.0. The highest BCUT2D eigenvalue weighted by atomic mass is 19.1. The average molecular weight is 439 g/mol. The van der Waals surface area contributed by atoms with E-state index >= 15 is 0 Å². The highest BCUT2D eigenvalue weighted by Gasteiger charge is 2.38. The van der Waals surface area contributed by atoms with E-state index in [0.717, 1.165) is 11.6 Å². The van der Waals surface area contributed by atoms with Gasteiger partial charge in [-0.2, -0.15) is 0 Å². The molecule has 1 amide bonds. The first-order valence-electron chi connectivity index (χ1n) is 10.4. The van der Waals surface area contributed by atoms with Crippen molar-refractivity contribution in [2.24, 2.45) is 5.92 Å². The Labute approximate surface area is 181 Å². The molecule has 32 heavy (non-hydrogen) atoms. The molecule has 0 saturated heterocycles. The van der Waals surface area contributed by atoms with E-state index in [2.05, 4.69) is 20.5 Å². The van der Waals surface area contributed by atoms with E-state index < -0.39 is 11.6 Å². The van der Waals surface area contributed by atoms with Crippen LogP contribution in [0.1, 0.15) is 24.3 Å². The van der Waals surface area contributed by atoms with Crippen LogP contribution in [-0.4, -0.2) is 32.2 Å². The van der Waals surface area contributed by atoms with Gasteiger partial charge in [-0.25, -0.2) is 13.2 Å². The maximum atomic E-state index is 14.5. The first kappa shape index (κ1) is 20.3. The Bertz CT molecular complexity index is 1260. The number of hydrogen-bond donors (Lipinski definition) is 2. The number of halogens is 3. The highest BCUT2D eigenvalue weighted by Crippen LogP contribution is 2.48. The van der Waals surface area contributed by atoms with Gasteiger partial charge in [-0.1, -0.05) is 0 Å². The van der Waals surface area contributed by atoms with E-state index in [-0.39, 0.29) is 29.1 Å². The summed E-state index contributed by atoms with van der Waals surface area (Å²) in [5.41, 5.74) is 2.28. The van der Waals surface area contributed by atoms with E-state index in [1.165, 1.54) is 18.2 Å². The van der Waals surface area contributed by atoms with Gasteiger partial charge in [-0.05, 0) is 60.2 Å². The van der Waals surface area contributed by atoms with Crippen molar-refractivity contribution in [2.45, 2.75) is 25.3 Å². The molecule has 2 N–H and O–H groups in total. The summed E-state index contributed by atoms with van der Waals surface area (Å²) in [6.45, 7) is 1.03. The molecule has 4 aromatic rings. The zero-order valence-corrected chi connectivity index (χ0v) is 17.0. The summed E-state index contributed by atoms with van der Waals surface area (Å²) in [6.07, 6.45) is 4.30. The number of fused-ring (bicyclic) bond motifs is 1. The van der Waals surface area contributed by atoms with Crippen molar-refractivity contribution in [1.82, 2.24) is 25.1 Å². The van der Waals surface area contributed by atoms with E-state index in [1.54, 1.807) is 29.4 Å². The number of rotatable bonds is 6. The van der Waals surface area contributed by atoms with Crippen molar-refractivity contribution in [3.8, 4) is 11.3 Å². The number of hydrogen-bond acceptors (Lipinski definition) is 3. The third-order valence-corrected chi connectivity index (χ3v) is 6.05. The Morgan fingerprint density at radius 1 is 1.06 bits per heavy atom. The van der Waals surface area contributed by atoms with Gasteiger partial charge in [0.25, 0.3) is 0 Å². The number of carbonyl (C=O) groups excluding carboxylic acids is 1. The van der Waals surface area contributed by atoms with Crippen LogP contribution in [0.15, 0.2) is 49.1 Å². The Kier molecular flexibility index (Phi) is 5.16. The fourth-order valence-corrected chi connectivity index (χ4v) is 4.37. The third-order valence-electron chi connectivity index (χ3n) is 6.05. The predicted octanol–water partition coefficient (Wildman–Crippen LogP) is 4.15. The second kappa shape index (κ2) is 8.14. The van der Waals surface area contributed by atoms with Crippen LogP contribution in [0.4, 0.5) is 13.2 Å². The third kappa shape index (κ3) is 3.74. The van der Waals surface area contributed by atoms with Gasteiger partial charge in [-0.3, -0.25) is 4.79 Å². The molecule has 0 spiro atoms. The molecule has 2 aromatic heterocycles. The van der Waals surface area contributed by atoms with Crippen molar-refractivity contribution in [3.05, 3.63) is 72.1 Å². The van der Waals surface area contributed by atoms with Crippen molar-refractivity contribution in [1.29, 1.82) is 0 Å². The number of aromatic nitrogens is 4. The van der Waals surface area contributed by atoms with Crippen molar-refractivity contribution < 1.29 is 18.0 Å². The molecule has 2 heterocycles. The molecular formula is C23H20F3N5O. The quantitative estimate of drug-likeness (QED) is 0.474. The molecule has 6 nitrogen and oxygen atoms in total. The SMILES string of the molecule is O=C(NCCn1cnnc1)C1CC(c2c(-c3ccc(F)cc3)[nH]c3c(F)cc(F)cc23)C1. The number of nitrogens with one attached hydrogen (secondary N) is 2. The van der Waals surface area contributed by atoms with Gasteiger partial charge in [0, 0.05) is 30.5 Å². The van der Waals surface area contributed by atoms with Gasteiger partial charge >= 0.3 is 0 Å². The summed E-state index contributed by atoms with van der Waals surface area (Å²) >= 11 is 0. The van der Waals surface area contributed by atoms with Crippen LogP contribution in [0.3, 0.4) is 0 Å². The smallest absolute Gasteiger partial charge is 0.223 e. The van der Waals surface area contributed by atoms with Crippen molar-refractivity contribution in [3.63, 3.8) is 0 Å². The number of aromatic amines is 1. The molecule has 164 valence electrons. The first-order valence-corrected chi connectivity index (χ1v) is 10.4. The largest absolute Gasteiger partial charge is 0.354 e. The molecule has 0 aliphatic heterocycles. The van der Waals surface area contributed by atoms with Gasteiger partial charge in [0.1, 0.15) is 30.1 Å². The summed E-state index contributed by atoms with van der Waals surface area (Å²) in [5.74, 6) is -1.99. The highest BCUT2D eigenvalue weighted by molar-refractivity contribution is 5.92. The minimum atomic E-state index is -0.683. The molecule has 0 bridgehead atoms. The second-order valence-corrected chi connectivity index (χ2v) is 8.09. The van der Waals surface area contributed by atoms with Crippen LogP contribution in [0.25, 0.3) is 22.2 Å². The lowest BCUT2D eigenvalue weighted by atomic mass is 9.70. The zero-order chi connectivity index (χ0) is 22.2. The van der Waals surface area contributed by atoms with Crippen molar-refractivity contribution >= 4 is 16.8 Å². The number of nitrogens with zero attached hydrogens (tertiary/aromatic N) is 3. The molecule has 0 atom stereocenters. The Hall–Kier alpha value is -3.62. The van der Waals surface area contributed by atoms with Crippen molar-refractivity contribution in [2.75, 3.05) is 6.54 Å². The monoisotopic (exact) mass is 439 g/mol. The summed E-state index contributed by atoms with van der Waals surface area (Å²) in [4.78, 5) is 15.6. The molecule has 2 aromatic carbocycles. The summed E-state index contributed by atoms with van der Waals surface area (Å²) in [7, 11) is 0. The lowest BCUT2D eigenvalue weighted by molar-refractivity contribution is -0.127. The maximum Gasteiger partial charge on any atom is 0.223 e. The molecular weight excluding hydrogens is 419 g/mol. The molecule has 1 fully saturated rings. The first-order chi connectivity index (χ1) is 15.5. The molecule has 9 heteroatoms. The number of H-pyrrole nitrogens is 1. The van der Waals surface area contributed by atoms with E-state index in [1.807, 2.05) is 0 Å². The van der Waals surface area contributed by atoms with E-state index in [9.17, 15) is 18.0 Å². The molecule has 1 aliphatic rings. The van der Waals surface area contributed by atoms with Gasteiger partial charge in [0.15, 0.2) is 0 Å². The maximum absolute atomic E-state index is 14.5. The fourth-order valence-electron chi connectivity index (χ4n) is 4.37. The fraction of sp³-hybridized carbons (Fsp3) is 0.261. The van der Waals surface area contributed by atoms with Crippen LogP contribution in [-0.2, 0) is 11.3 Å². The molecule has 5 rings (SSSR count). The topological polar surface area (TPSA) is 75.6 Å². The normalized spacial score (nSPS) is 18.0. The average Bonchev–Trinajstić information content (AvgIpc) is 3.36. The van der Waals surface area contributed by atoms with Crippen LogP contribution in [0.2, 0.25) is 0 Å². The summed E-state index contributed by atoms with van der Waals surface area (Å²) in [5, 5.41) is 10.8. The Balaban J connectivity index is 1.37. The van der Waals surface area contributed by atoms with E-state index in [4.69, 9.17) is 0 Å². The van der Waals surface area contributed by atoms with Gasteiger partial charge in [-0.15, -0.1) is 10.2 Å². The predicted molar refractivity (Wildman–Crippen MR) is 112 cm³/mol. The molecule has 1 aliphatic carbocycles. The lowest BCUT2D eigenvalue weighted by Gasteiger charge is -2.35. The van der Waals surface area contributed by atoms with Crippen LogP contribution in [0.5, 0.6) is 0 Å². The number of carbonyl (C=O) groups is 1. The van der Waals surface area contributed by atoms with Gasteiger partial charge < -0.3 is 14.9 Å². The van der Waals surface area contributed by atoms with Crippen LogP contribution >= 0.6 is 0 Å². The van der Waals surface area contributed by atoms with E-state index in [0.29, 0.717) is 42.6 Å². The van der Waals surface area contributed by atoms with Gasteiger partial charge in [0.2, 0.25) is 5.91 Å². The Morgan fingerprint density at radius 3 is 2.50 bits per heavy atom.